The van der Waals surface area contributed by atoms with Gasteiger partial charge in [-0.2, -0.15) is 5.10 Å². The first kappa shape index (κ1) is 14.7. The van der Waals surface area contributed by atoms with Gasteiger partial charge in [-0.05, 0) is 37.5 Å². The molecule has 0 aromatic carbocycles. The van der Waals surface area contributed by atoms with Crippen LogP contribution in [0.5, 0.6) is 0 Å². The van der Waals surface area contributed by atoms with E-state index in [4.69, 9.17) is 0 Å². The zero-order valence-corrected chi connectivity index (χ0v) is 13.8. The van der Waals surface area contributed by atoms with Gasteiger partial charge in [0.2, 0.25) is 0 Å². The highest BCUT2D eigenvalue weighted by molar-refractivity contribution is 5.89. The molecule has 124 valence electrons. The van der Waals surface area contributed by atoms with Gasteiger partial charge in [0.15, 0.2) is 0 Å². The number of nitrogens with zero attached hydrogens (tertiary/aromatic N) is 4. The number of carbonyl (C=O) groups is 1. The zero-order valence-electron chi connectivity index (χ0n) is 13.8. The second-order valence-electron chi connectivity index (χ2n) is 6.34. The van der Waals surface area contributed by atoms with E-state index >= 15 is 0 Å². The average molecular weight is 324 g/mol. The molecule has 3 aromatic heterocycles. The lowest BCUT2D eigenvalue weighted by Crippen LogP contribution is -2.28. The Kier molecular flexibility index (Phi) is 3.48. The van der Waals surface area contributed by atoms with Crippen molar-refractivity contribution in [2.45, 2.75) is 32.2 Å². The van der Waals surface area contributed by atoms with E-state index in [9.17, 15) is 4.79 Å². The van der Waals surface area contributed by atoms with Crippen LogP contribution in [0.3, 0.4) is 0 Å². The molecule has 2 amide bonds. The van der Waals surface area contributed by atoms with Gasteiger partial charge in [-0.3, -0.25) is 4.68 Å². The number of aryl methyl sites for hydroxylation is 2. The predicted molar refractivity (Wildman–Crippen MR) is 91.0 cm³/mol. The molecule has 1 saturated carbocycles. The standard InChI is InChI=1S/C17H20N6O/c1-11-7-14(10-23-6-5-18-16(11)23)20-17(24)19-9-13-8-15(12-3-4-12)22(2)21-13/h5-8,10,12H,3-4,9H2,1-2H3,(H2,19,20,24). The number of hydrogen-bond acceptors (Lipinski definition) is 3. The summed E-state index contributed by atoms with van der Waals surface area (Å²) in [6, 6.07) is 3.75. The van der Waals surface area contributed by atoms with Crippen LogP contribution in [0.25, 0.3) is 5.65 Å². The smallest absolute Gasteiger partial charge is 0.319 e. The summed E-state index contributed by atoms with van der Waals surface area (Å²) in [6.45, 7) is 2.39. The normalized spacial score (nSPS) is 14.1. The van der Waals surface area contributed by atoms with Crippen molar-refractivity contribution < 1.29 is 4.79 Å². The van der Waals surface area contributed by atoms with Gasteiger partial charge in [0.25, 0.3) is 0 Å². The number of hydrogen-bond donors (Lipinski definition) is 2. The summed E-state index contributed by atoms with van der Waals surface area (Å²) in [7, 11) is 1.96. The van der Waals surface area contributed by atoms with Crippen molar-refractivity contribution >= 4 is 17.4 Å². The molecule has 24 heavy (non-hydrogen) atoms. The molecule has 0 aliphatic heterocycles. The minimum Gasteiger partial charge on any atom is -0.332 e. The molecule has 0 atom stereocenters. The molecule has 0 unspecified atom stereocenters. The lowest BCUT2D eigenvalue weighted by atomic mass is 10.2. The summed E-state index contributed by atoms with van der Waals surface area (Å²) in [4.78, 5) is 16.4. The fourth-order valence-electron chi connectivity index (χ4n) is 3.01. The van der Waals surface area contributed by atoms with Gasteiger partial charge in [0.05, 0.1) is 17.9 Å². The van der Waals surface area contributed by atoms with E-state index in [1.165, 1.54) is 18.5 Å². The summed E-state index contributed by atoms with van der Waals surface area (Å²) in [6.07, 6.45) is 7.93. The molecule has 3 aromatic rings. The van der Waals surface area contributed by atoms with Crippen LogP contribution < -0.4 is 10.6 Å². The Morgan fingerprint density at radius 3 is 3.00 bits per heavy atom. The number of nitrogens with one attached hydrogen (secondary N) is 2. The van der Waals surface area contributed by atoms with Crippen molar-refractivity contribution in [1.29, 1.82) is 0 Å². The number of rotatable bonds is 4. The van der Waals surface area contributed by atoms with E-state index in [1.807, 2.05) is 41.5 Å². The van der Waals surface area contributed by atoms with Crippen molar-refractivity contribution in [3.63, 3.8) is 0 Å². The van der Waals surface area contributed by atoms with Crippen molar-refractivity contribution in [3.8, 4) is 0 Å². The van der Waals surface area contributed by atoms with E-state index < -0.39 is 0 Å². The monoisotopic (exact) mass is 324 g/mol. The van der Waals surface area contributed by atoms with E-state index in [1.54, 1.807) is 6.20 Å². The number of carbonyl (C=O) groups excluding carboxylic acids is 1. The number of amides is 2. The summed E-state index contributed by atoms with van der Waals surface area (Å²) in [5.74, 6) is 0.648. The summed E-state index contributed by atoms with van der Waals surface area (Å²) in [5.41, 5.74) is 4.78. The van der Waals surface area contributed by atoms with Crippen molar-refractivity contribution in [2.75, 3.05) is 5.32 Å². The average Bonchev–Trinajstić information content (AvgIpc) is 3.14. The Morgan fingerprint density at radius 1 is 1.38 bits per heavy atom. The van der Waals surface area contributed by atoms with Gasteiger partial charge in [0.1, 0.15) is 5.65 Å². The SMILES string of the molecule is Cc1cc(NC(=O)NCc2cc(C3CC3)n(C)n2)cn2ccnc12. The van der Waals surface area contributed by atoms with Crippen LogP contribution in [0, 0.1) is 6.92 Å². The molecular weight excluding hydrogens is 304 g/mol. The van der Waals surface area contributed by atoms with Crippen molar-refractivity contribution in [2.24, 2.45) is 7.05 Å². The maximum absolute atomic E-state index is 12.1. The Hall–Kier alpha value is -2.83. The fourth-order valence-corrected chi connectivity index (χ4v) is 3.01. The first-order chi connectivity index (χ1) is 11.6. The molecule has 0 spiro atoms. The number of imidazole rings is 1. The summed E-state index contributed by atoms with van der Waals surface area (Å²) in [5, 5.41) is 10.2. The maximum atomic E-state index is 12.1. The molecule has 2 N–H and O–H groups in total. The first-order valence-electron chi connectivity index (χ1n) is 8.11. The van der Waals surface area contributed by atoms with Crippen molar-refractivity contribution in [3.05, 3.63) is 47.7 Å². The maximum Gasteiger partial charge on any atom is 0.319 e. The summed E-state index contributed by atoms with van der Waals surface area (Å²) < 4.78 is 3.81. The van der Waals surface area contributed by atoms with Gasteiger partial charge in [-0.1, -0.05) is 0 Å². The largest absolute Gasteiger partial charge is 0.332 e. The van der Waals surface area contributed by atoms with Crippen molar-refractivity contribution in [1.82, 2.24) is 24.5 Å². The van der Waals surface area contributed by atoms with Gasteiger partial charge in [-0.25, -0.2) is 9.78 Å². The minimum absolute atomic E-state index is 0.243. The number of urea groups is 1. The molecule has 1 fully saturated rings. The first-order valence-corrected chi connectivity index (χ1v) is 8.11. The predicted octanol–water partition coefficient (Wildman–Crippen LogP) is 2.58. The molecule has 4 rings (SSSR count). The lowest BCUT2D eigenvalue weighted by molar-refractivity contribution is 0.251. The molecule has 1 aliphatic rings. The van der Waals surface area contributed by atoms with Crippen LogP contribution in [0.2, 0.25) is 0 Å². The second-order valence-corrected chi connectivity index (χ2v) is 6.34. The highest BCUT2D eigenvalue weighted by atomic mass is 16.2. The molecular formula is C17H20N6O. The molecule has 0 radical (unpaired) electrons. The van der Waals surface area contributed by atoms with Gasteiger partial charge in [0, 0.05) is 37.3 Å². The molecule has 3 heterocycles. The van der Waals surface area contributed by atoms with E-state index in [0.29, 0.717) is 12.5 Å². The molecule has 7 nitrogen and oxygen atoms in total. The number of anilines is 1. The molecule has 1 aliphatic carbocycles. The Bertz CT molecular complexity index is 905. The summed E-state index contributed by atoms with van der Waals surface area (Å²) >= 11 is 0. The third-order valence-corrected chi connectivity index (χ3v) is 4.32. The van der Waals surface area contributed by atoms with E-state index in [-0.39, 0.29) is 6.03 Å². The Balaban J connectivity index is 1.39. The molecule has 0 saturated heterocycles. The number of aromatic nitrogens is 4. The Labute approximate surface area is 139 Å². The van der Waals surface area contributed by atoms with E-state index in [0.717, 1.165) is 22.6 Å². The molecule has 0 bridgehead atoms. The topological polar surface area (TPSA) is 76.2 Å². The second kappa shape index (κ2) is 5.67. The lowest BCUT2D eigenvalue weighted by Gasteiger charge is -2.08. The van der Waals surface area contributed by atoms with Crippen LogP contribution in [0.1, 0.15) is 35.7 Å². The van der Waals surface area contributed by atoms with Gasteiger partial charge < -0.3 is 15.0 Å². The number of fused-ring (bicyclic) bond motifs is 1. The van der Waals surface area contributed by atoms with Crippen LogP contribution >= 0.6 is 0 Å². The molecule has 7 heteroatoms. The van der Waals surface area contributed by atoms with Crippen LogP contribution in [-0.2, 0) is 13.6 Å². The van der Waals surface area contributed by atoms with Crippen LogP contribution in [0.15, 0.2) is 30.7 Å². The fraction of sp³-hybridized carbons (Fsp3) is 0.353. The highest BCUT2D eigenvalue weighted by Gasteiger charge is 2.27. The van der Waals surface area contributed by atoms with Gasteiger partial charge in [-0.15, -0.1) is 0 Å². The quantitative estimate of drug-likeness (QED) is 0.774. The zero-order chi connectivity index (χ0) is 16.7. The van der Waals surface area contributed by atoms with E-state index in [2.05, 4.69) is 26.8 Å². The van der Waals surface area contributed by atoms with Crippen LogP contribution in [-0.4, -0.2) is 25.2 Å². The minimum atomic E-state index is -0.243. The van der Waals surface area contributed by atoms with Gasteiger partial charge >= 0.3 is 6.03 Å². The highest BCUT2D eigenvalue weighted by Crippen LogP contribution is 2.39. The number of pyridine rings is 1. The third kappa shape index (κ3) is 2.84. The Morgan fingerprint density at radius 2 is 2.21 bits per heavy atom. The van der Waals surface area contributed by atoms with Crippen LogP contribution in [0.4, 0.5) is 10.5 Å². The third-order valence-electron chi connectivity index (χ3n) is 4.32.